The van der Waals surface area contributed by atoms with E-state index in [2.05, 4.69) is 0 Å². The van der Waals surface area contributed by atoms with Crippen LogP contribution in [-0.4, -0.2) is 42.8 Å². The maximum atomic E-state index is 14.2. The summed E-state index contributed by atoms with van der Waals surface area (Å²) in [6.07, 6.45) is 6.23. The smallest absolute Gasteiger partial charge is 0.306 e. The van der Waals surface area contributed by atoms with Crippen molar-refractivity contribution in [3.63, 3.8) is 0 Å². The lowest BCUT2D eigenvalue weighted by atomic mass is 9.95. The van der Waals surface area contributed by atoms with Gasteiger partial charge in [-0.1, -0.05) is 32.3 Å². The number of carbonyl (C=O) groups excluding carboxylic acids is 2. The first-order chi connectivity index (χ1) is 13.9. The third-order valence-corrected chi connectivity index (χ3v) is 6.09. The van der Waals surface area contributed by atoms with Gasteiger partial charge < -0.3 is 14.2 Å². The van der Waals surface area contributed by atoms with Crippen LogP contribution < -0.4 is 0 Å². The Morgan fingerprint density at radius 2 is 2.10 bits per heavy atom. The molecule has 1 saturated carbocycles. The van der Waals surface area contributed by atoms with Gasteiger partial charge in [0.05, 0.1) is 12.5 Å². The molecule has 2 aliphatic heterocycles. The summed E-state index contributed by atoms with van der Waals surface area (Å²) >= 11 is 0. The molecule has 0 N–H and O–H groups in total. The molecule has 3 fully saturated rings. The highest BCUT2D eigenvalue weighted by atomic mass is 19.3. The second-order valence-electron chi connectivity index (χ2n) is 8.34. The summed E-state index contributed by atoms with van der Waals surface area (Å²) in [5.74, 6) is -4.86. The van der Waals surface area contributed by atoms with Crippen molar-refractivity contribution in [1.82, 2.24) is 0 Å². The number of hydrogen-bond acceptors (Lipinski definition) is 5. The van der Waals surface area contributed by atoms with Crippen molar-refractivity contribution in [2.24, 2.45) is 5.92 Å². The zero-order valence-electron chi connectivity index (χ0n) is 17.2. The molecule has 2 heterocycles. The molecule has 1 aliphatic carbocycles. The van der Waals surface area contributed by atoms with E-state index in [9.17, 15) is 18.4 Å². The summed E-state index contributed by atoms with van der Waals surface area (Å²) in [6.45, 7) is 2.65. The van der Waals surface area contributed by atoms with Gasteiger partial charge in [0.2, 0.25) is 5.78 Å². The molecule has 29 heavy (non-hydrogen) atoms. The van der Waals surface area contributed by atoms with Crippen LogP contribution in [-0.2, 0) is 23.8 Å². The number of allylic oxidation sites excluding steroid dienone is 1. The van der Waals surface area contributed by atoms with E-state index in [-0.39, 0.29) is 43.2 Å². The molecule has 7 heteroatoms. The van der Waals surface area contributed by atoms with Crippen LogP contribution in [0.25, 0.3) is 0 Å². The highest BCUT2D eigenvalue weighted by Gasteiger charge is 2.48. The normalized spacial score (nSPS) is 31.1. The van der Waals surface area contributed by atoms with Crippen molar-refractivity contribution in [1.29, 1.82) is 0 Å². The van der Waals surface area contributed by atoms with E-state index in [0.29, 0.717) is 25.9 Å². The number of hydrogen-bond donors (Lipinski definition) is 0. The lowest BCUT2D eigenvalue weighted by Gasteiger charge is -2.27. The van der Waals surface area contributed by atoms with Crippen LogP contribution in [0.15, 0.2) is 11.6 Å². The minimum Gasteiger partial charge on any atom is -0.462 e. The van der Waals surface area contributed by atoms with Crippen LogP contribution in [0.1, 0.15) is 77.6 Å². The van der Waals surface area contributed by atoms with Crippen LogP contribution in [0.5, 0.6) is 0 Å². The SMILES string of the molecule is CCCCCCC(F)(F)C(=O)CC=C1[C@H]2CC(=O)OC2C[C@H]1OC1CCCCO1. The monoisotopic (exact) mass is 414 g/mol. The number of fused-ring (bicyclic) bond motifs is 1. The minimum absolute atomic E-state index is 0.193. The van der Waals surface area contributed by atoms with E-state index in [1.807, 2.05) is 6.92 Å². The molecule has 2 unspecified atom stereocenters. The summed E-state index contributed by atoms with van der Waals surface area (Å²) in [5.41, 5.74) is 0.741. The van der Waals surface area contributed by atoms with Crippen molar-refractivity contribution in [3.05, 3.63) is 11.6 Å². The summed E-state index contributed by atoms with van der Waals surface area (Å²) in [4.78, 5) is 23.8. The molecule has 0 aromatic rings. The molecule has 164 valence electrons. The number of unbranched alkanes of at least 4 members (excludes halogenated alkanes) is 3. The minimum atomic E-state index is -3.31. The predicted molar refractivity (Wildman–Crippen MR) is 102 cm³/mol. The lowest BCUT2D eigenvalue weighted by molar-refractivity contribution is -0.181. The van der Waals surface area contributed by atoms with E-state index in [1.165, 1.54) is 0 Å². The molecule has 3 aliphatic rings. The van der Waals surface area contributed by atoms with Gasteiger partial charge in [-0.3, -0.25) is 9.59 Å². The first-order valence-corrected chi connectivity index (χ1v) is 11.0. The molecule has 4 atom stereocenters. The standard InChI is InChI=1S/C22H32F2O5/c1-2-3-4-6-11-22(23,24)19(25)10-9-15-16-13-20(26)28-18(16)14-17(15)29-21-8-5-7-12-27-21/h9,16-18,21H,2-8,10-14H2,1H3/t16-,17-,18?,21?/m1/s1. The van der Waals surface area contributed by atoms with Crippen LogP contribution in [0, 0.1) is 5.92 Å². The van der Waals surface area contributed by atoms with Gasteiger partial charge in [-0.15, -0.1) is 0 Å². The fraction of sp³-hybridized carbons (Fsp3) is 0.818. The Morgan fingerprint density at radius 3 is 2.83 bits per heavy atom. The van der Waals surface area contributed by atoms with Crippen LogP contribution >= 0.6 is 0 Å². The molecule has 0 bridgehead atoms. The average Bonchev–Trinajstić information content (AvgIpc) is 3.19. The van der Waals surface area contributed by atoms with E-state index in [1.54, 1.807) is 6.08 Å². The van der Waals surface area contributed by atoms with E-state index in [4.69, 9.17) is 14.2 Å². The van der Waals surface area contributed by atoms with Gasteiger partial charge in [-0.25, -0.2) is 0 Å². The fourth-order valence-electron chi connectivity index (χ4n) is 4.43. The highest BCUT2D eigenvalue weighted by molar-refractivity contribution is 5.87. The zero-order valence-corrected chi connectivity index (χ0v) is 17.2. The molecule has 0 aromatic carbocycles. The van der Waals surface area contributed by atoms with E-state index in [0.717, 1.165) is 37.7 Å². The van der Waals surface area contributed by atoms with Crippen molar-refractivity contribution in [3.8, 4) is 0 Å². The Bertz CT molecular complexity index is 612. The lowest BCUT2D eigenvalue weighted by Crippen LogP contribution is -2.29. The number of Topliss-reactive ketones (excluding diaryl/α,β-unsaturated/α-hetero) is 1. The second-order valence-corrected chi connectivity index (χ2v) is 8.34. The maximum Gasteiger partial charge on any atom is 0.306 e. The zero-order chi connectivity index (χ0) is 20.9. The molecule has 0 amide bonds. The number of halogens is 2. The third kappa shape index (κ3) is 5.85. The largest absolute Gasteiger partial charge is 0.462 e. The van der Waals surface area contributed by atoms with E-state index < -0.39 is 18.1 Å². The number of alkyl halides is 2. The highest BCUT2D eigenvalue weighted by Crippen LogP contribution is 2.43. The molecule has 0 radical (unpaired) electrons. The number of ether oxygens (including phenoxy) is 3. The summed E-state index contributed by atoms with van der Waals surface area (Å²) in [6, 6.07) is 0. The molecular weight excluding hydrogens is 382 g/mol. The van der Waals surface area contributed by atoms with Gasteiger partial charge in [0.15, 0.2) is 6.29 Å². The molecule has 2 saturated heterocycles. The van der Waals surface area contributed by atoms with Crippen molar-refractivity contribution < 1.29 is 32.6 Å². The Kier molecular flexibility index (Phi) is 7.79. The van der Waals surface area contributed by atoms with Crippen LogP contribution in [0.2, 0.25) is 0 Å². The molecule has 0 spiro atoms. The Hall–Kier alpha value is -1.34. The van der Waals surface area contributed by atoms with Gasteiger partial charge in [0.25, 0.3) is 0 Å². The molecule has 3 rings (SSSR count). The van der Waals surface area contributed by atoms with Gasteiger partial charge in [-0.2, -0.15) is 8.78 Å². The first kappa shape index (κ1) is 22.3. The second kappa shape index (κ2) is 10.1. The maximum absolute atomic E-state index is 14.2. The van der Waals surface area contributed by atoms with Crippen LogP contribution in [0.4, 0.5) is 8.78 Å². The summed E-state index contributed by atoms with van der Waals surface area (Å²) < 4.78 is 45.5. The summed E-state index contributed by atoms with van der Waals surface area (Å²) in [5, 5.41) is 0. The van der Waals surface area contributed by atoms with Gasteiger partial charge in [0.1, 0.15) is 6.10 Å². The fourth-order valence-corrected chi connectivity index (χ4v) is 4.43. The number of rotatable bonds is 10. The van der Waals surface area contributed by atoms with Crippen molar-refractivity contribution in [2.45, 2.75) is 102 Å². The number of ketones is 1. The molecule has 0 aromatic heterocycles. The van der Waals surface area contributed by atoms with E-state index >= 15 is 0 Å². The van der Waals surface area contributed by atoms with Gasteiger partial charge >= 0.3 is 11.9 Å². The van der Waals surface area contributed by atoms with Crippen molar-refractivity contribution >= 4 is 11.8 Å². The van der Waals surface area contributed by atoms with Gasteiger partial charge in [-0.05, 0) is 31.3 Å². The third-order valence-electron chi connectivity index (χ3n) is 6.09. The Labute approximate surface area is 171 Å². The van der Waals surface area contributed by atoms with Crippen molar-refractivity contribution in [2.75, 3.05) is 6.61 Å². The summed E-state index contributed by atoms with van der Waals surface area (Å²) in [7, 11) is 0. The quantitative estimate of drug-likeness (QED) is 0.294. The van der Waals surface area contributed by atoms with Gasteiger partial charge in [0, 0.05) is 31.8 Å². The number of carbonyl (C=O) groups is 2. The predicted octanol–water partition coefficient (Wildman–Crippen LogP) is 4.72. The van der Waals surface area contributed by atoms with Crippen LogP contribution in [0.3, 0.4) is 0 Å². The number of esters is 1. The average molecular weight is 414 g/mol. The topological polar surface area (TPSA) is 61.8 Å². The first-order valence-electron chi connectivity index (χ1n) is 11.0. The molecule has 5 nitrogen and oxygen atoms in total. The molecular formula is C22H32F2O5. The Balaban J connectivity index is 1.62. The Morgan fingerprint density at radius 1 is 1.28 bits per heavy atom.